The first-order valence-electron chi connectivity index (χ1n) is 28.5. The number of carbonyl (C=O) groups excluding carboxylic acids is 1. The van der Waals surface area contributed by atoms with Crippen molar-refractivity contribution in [2.45, 2.75) is 280 Å². The van der Waals surface area contributed by atoms with E-state index in [0.717, 1.165) is 57.8 Å². The quantitative estimate of drug-likeness (QED) is 0.0205. The van der Waals surface area contributed by atoms with Crippen LogP contribution < -0.4 is 5.32 Å². The van der Waals surface area contributed by atoms with Gasteiger partial charge in [0.15, 0.2) is 12.6 Å². The number of aliphatic hydroxyl groups excluding tert-OH is 8. The van der Waals surface area contributed by atoms with Crippen LogP contribution in [0.3, 0.4) is 0 Å². The molecule has 2 heterocycles. The topological polar surface area (TPSA) is 228 Å². The third-order valence-electron chi connectivity index (χ3n) is 13.7. The first-order chi connectivity index (χ1) is 35.1. The summed E-state index contributed by atoms with van der Waals surface area (Å²) in [6.07, 6.45) is 38.2. The maximum atomic E-state index is 13.2. The fraction of sp³-hybridized carbons (Fsp3) is 0.810. The second kappa shape index (κ2) is 43.9. The minimum atomic E-state index is -1.79. The van der Waals surface area contributed by atoms with Gasteiger partial charge in [0.2, 0.25) is 5.91 Å². The Bertz CT molecular complexity index is 1440. The standard InChI is InChI=1S/C58H103NO13/c1-3-5-7-9-11-13-15-17-19-21-23-25-27-29-31-33-35-37-39-41-47(62)46(59-50(63)42-40-38-36-34-32-30-28-26-24-22-20-18-16-14-12-10-8-6-4-2)45-69-57-55(68)53(66)56(49(44-61)71-57)72-58-54(67)52(65)51(64)48(43-60)70-58/h12,14,18,20,23,25,31,33,39,41,46-49,51-58,60-62,64-68H,3-11,13,15-17,19,21-22,24,26-30,32,34-38,40,42-45H2,1-2H3,(H,59,63)/b14-12-,20-18-,25-23+,33-31+,41-39+. The highest BCUT2D eigenvalue weighted by atomic mass is 16.7. The summed E-state index contributed by atoms with van der Waals surface area (Å²) in [6, 6.07) is -0.942. The number of rotatable bonds is 44. The van der Waals surface area contributed by atoms with Gasteiger partial charge < -0.3 is 65.1 Å². The van der Waals surface area contributed by atoms with E-state index in [9.17, 15) is 45.6 Å². The predicted molar refractivity (Wildman–Crippen MR) is 286 cm³/mol. The number of allylic oxidation sites excluding steroid dienone is 9. The molecule has 2 rings (SSSR count). The van der Waals surface area contributed by atoms with Gasteiger partial charge in [0.1, 0.15) is 48.8 Å². The molecule has 2 aliphatic heterocycles. The summed E-state index contributed by atoms with van der Waals surface area (Å²) in [5.41, 5.74) is 0. The Morgan fingerprint density at radius 1 is 0.500 bits per heavy atom. The molecule has 12 atom stereocenters. The second-order valence-corrected chi connectivity index (χ2v) is 20.0. The van der Waals surface area contributed by atoms with Crippen molar-refractivity contribution in [2.75, 3.05) is 19.8 Å². The highest BCUT2D eigenvalue weighted by Crippen LogP contribution is 2.30. The van der Waals surface area contributed by atoms with Gasteiger partial charge in [-0.2, -0.15) is 0 Å². The third-order valence-corrected chi connectivity index (χ3v) is 13.7. The largest absolute Gasteiger partial charge is 0.394 e. The van der Waals surface area contributed by atoms with Crippen molar-refractivity contribution >= 4 is 5.91 Å². The number of hydrogen-bond acceptors (Lipinski definition) is 13. The van der Waals surface area contributed by atoms with Crippen LogP contribution in [0.4, 0.5) is 0 Å². The average molecular weight is 1020 g/mol. The molecule has 2 aliphatic rings. The third kappa shape index (κ3) is 29.7. The van der Waals surface area contributed by atoms with E-state index in [0.29, 0.717) is 12.8 Å². The summed E-state index contributed by atoms with van der Waals surface area (Å²) < 4.78 is 22.7. The van der Waals surface area contributed by atoms with Crippen molar-refractivity contribution in [3.05, 3.63) is 60.8 Å². The van der Waals surface area contributed by atoms with Gasteiger partial charge in [0.25, 0.3) is 0 Å². The highest BCUT2D eigenvalue weighted by molar-refractivity contribution is 5.76. The minimum Gasteiger partial charge on any atom is -0.394 e. The SMILES string of the molecule is CCCCC/C=C\C/C=C\CCCCCCCCCCCC(=O)NC(COC1OC(CO)C(OC2OC(CO)C(O)C(O)C2O)C(O)C1O)C(O)/C=C/CC/C=C/CC/C=C/CCCCCCCCCCC. The molecule has 0 aliphatic carbocycles. The van der Waals surface area contributed by atoms with E-state index in [4.69, 9.17) is 18.9 Å². The molecular weight excluding hydrogens is 919 g/mol. The molecule has 2 saturated heterocycles. The maximum absolute atomic E-state index is 13.2. The molecular formula is C58H103NO13. The molecule has 0 aromatic carbocycles. The van der Waals surface area contributed by atoms with E-state index in [1.54, 1.807) is 6.08 Å². The first-order valence-corrected chi connectivity index (χ1v) is 28.5. The summed E-state index contributed by atoms with van der Waals surface area (Å²) in [7, 11) is 0. The molecule has 14 nitrogen and oxygen atoms in total. The normalized spacial score (nSPS) is 26.0. The van der Waals surface area contributed by atoms with Gasteiger partial charge in [0, 0.05) is 6.42 Å². The van der Waals surface area contributed by atoms with Crippen molar-refractivity contribution in [3.63, 3.8) is 0 Å². The smallest absolute Gasteiger partial charge is 0.220 e. The molecule has 72 heavy (non-hydrogen) atoms. The Hall–Kier alpha value is -2.31. The number of aliphatic hydroxyl groups is 8. The number of amides is 1. The van der Waals surface area contributed by atoms with Gasteiger partial charge in [-0.3, -0.25) is 4.79 Å². The summed E-state index contributed by atoms with van der Waals surface area (Å²) in [6.45, 7) is 2.74. The van der Waals surface area contributed by atoms with Gasteiger partial charge in [-0.05, 0) is 77.0 Å². The van der Waals surface area contributed by atoms with Crippen molar-refractivity contribution in [3.8, 4) is 0 Å². The van der Waals surface area contributed by atoms with Crippen LogP contribution >= 0.6 is 0 Å². The van der Waals surface area contributed by atoms with Crippen LogP contribution in [0.2, 0.25) is 0 Å². The number of carbonyl (C=O) groups is 1. The van der Waals surface area contributed by atoms with Crippen molar-refractivity contribution < 1.29 is 64.6 Å². The van der Waals surface area contributed by atoms with Crippen molar-refractivity contribution in [2.24, 2.45) is 0 Å². The molecule has 0 spiro atoms. The molecule has 418 valence electrons. The lowest BCUT2D eigenvalue weighted by molar-refractivity contribution is -0.359. The number of nitrogens with one attached hydrogen (secondary N) is 1. The molecule has 1 amide bonds. The Morgan fingerprint density at radius 3 is 1.47 bits per heavy atom. The molecule has 0 bridgehead atoms. The Kier molecular flexibility index (Phi) is 40.1. The van der Waals surface area contributed by atoms with Gasteiger partial charge in [-0.15, -0.1) is 0 Å². The van der Waals surface area contributed by atoms with E-state index < -0.39 is 86.8 Å². The zero-order valence-corrected chi connectivity index (χ0v) is 44.7. The molecule has 12 unspecified atom stereocenters. The van der Waals surface area contributed by atoms with E-state index >= 15 is 0 Å². The van der Waals surface area contributed by atoms with E-state index in [2.05, 4.69) is 67.8 Å². The molecule has 0 radical (unpaired) electrons. The lowest BCUT2D eigenvalue weighted by atomic mass is 9.97. The summed E-state index contributed by atoms with van der Waals surface area (Å²) in [5.74, 6) is -0.260. The number of unbranched alkanes of at least 4 members (excludes halogenated alkanes) is 23. The minimum absolute atomic E-state index is 0.260. The van der Waals surface area contributed by atoms with Crippen LogP contribution in [0.25, 0.3) is 0 Å². The van der Waals surface area contributed by atoms with E-state index in [1.165, 1.54) is 116 Å². The van der Waals surface area contributed by atoms with E-state index in [1.807, 2.05) is 6.08 Å². The average Bonchev–Trinajstić information content (AvgIpc) is 3.38. The summed E-state index contributed by atoms with van der Waals surface area (Å²) >= 11 is 0. The number of hydrogen-bond donors (Lipinski definition) is 9. The number of ether oxygens (including phenoxy) is 4. The molecule has 14 heteroatoms. The van der Waals surface area contributed by atoms with Gasteiger partial charge in [0.05, 0.1) is 32.0 Å². The van der Waals surface area contributed by atoms with Crippen LogP contribution in [0.5, 0.6) is 0 Å². The maximum Gasteiger partial charge on any atom is 0.220 e. The Morgan fingerprint density at radius 2 is 0.931 bits per heavy atom. The highest BCUT2D eigenvalue weighted by Gasteiger charge is 2.51. The van der Waals surface area contributed by atoms with Gasteiger partial charge >= 0.3 is 0 Å². The van der Waals surface area contributed by atoms with Crippen LogP contribution in [0, 0.1) is 0 Å². The van der Waals surface area contributed by atoms with Crippen molar-refractivity contribution in [1.29, 1.82) is 0 Å². The second-order valence-electron chi connectivity index (χ2n) is 20.0. The zero-order valence-electron chi connectivity index (χ0n) is 44.7. The van der Waals surface area contributed by atoms with Crippen LogP contribution in [0.15, 0.2) is 60.8 Å². The Labute approximate surface area is 435 Å². The van der Waals surface area contributed by atoms with Gasteiger partial charge in [-0.25, -0.2) is 0 Å². The van der Waals surface area contributed by atoms with Crippen LogP contribution in [-0.2, 0) is 23.7 Å². The molecule has 0 aromatic heterocycles. The zero-order chi connectivity index (χ0) is 52.4. The van der Waals surface area contributed by atoms with Gasteiger partial charge in [-0.1, -0.05) is 184 Å². The lowest BCUT2D eigenvalue weighted by Gasteiger charge is -2.46. The molecule has 2 fully saturated rings. The van der Waals surface area contributed by atoms with Crippen molar-refractivity contribution in [1.82, 2.24) is 5.32 Å². The first kappa shape index (κ1) is 65.8. The fourth-order valence-corrected chi connectivity index (χ4v) is 9.00. The summed E-state index contributed by atoms with van der Waals surface area (Å²) in [4.78, 5) is 13.2. The molecule has 0 saturated carbocycles. The Balaban J connectivity index is 1.83. The van der Waals surface area contributed by atoms with Crippen LogP contribution in [0.1, 0.15) is 206 Å². The van der Waals surface area contributed by atoms with Crippen LogP contribution in [-0.4, -0.2) is 140 Å². The molecule has 9 N–H and O–H groups in total. The predicted octanol–water partition coefficient (Wildman–Crippen LogP) is 9.00. The summed E-state index contributed by atoms with van der Waals surface area (Å²) in [5, 5.41) is 87.0. The fourth-order valence-electron chi connectivity index (χ4n) is 9.00. The van der Waals surface area contributed by atoms with E-state index in [-0.39, 0.29) is 18.9 Å². The lowest BCUT2D eigenvalue weighted by Crippen LogP contribution is -2.65. The molecule has 0 aromatic rings. The monoisotopic (exact) mass is 1020 g/mol.